The Morgan fingerprint density at radius 3 is 1.44 bits per heavy atom. The SMILES string of the molecule is Cc1ccc(-c2ccc(-c3ccc(C(C)(CC4CC(C)(C)NC(C)(C)C4)C(F)(F)F)cc3)cc2)cc1. The van der Waals surface area contributed by atoms with E-state index in [1.54, 1.807) is 12.1 Å². The first-order valence-corrected chi connectivity index (χ1v) is 12.8. The van der Waals surface area contributed by atoms with E-state index in [0.29, 0.717) is 5.56 Å². The highest BCUT2D eigenvalue weighted by Gasteiger charge is 2.54. The van der Waals surface area contributed by atoms with Gasteiger partial charge in [-0.15, -0.1) is 0 Å². The summed E-state index contributed by atoms with van der Waals surface area (Å²) < 4.78 is 43.7. The molecule has 192 valence electrons. The quantitative estimate of drug-likeness (QED) is 0.374. The molecule has 0 saturated carbocycles. The van der Waals surface area contributed by atoms with Crippen molar-refractivity contribution >= 4 is 0 Å². The van der Waals surface area contributed by atoms with E-state index in [9.17, 15) is 13.2 Å². The number of hydrogen-bond acceptors (Lipinski definition) is 1. The van der Waals surface area contributed by atoms with Gasteiger partial charge in [0.2, 0.25) is 0 Å². The zero-order valence-corrected chi connectivity index (χ0v) is 22.3. The van der Waals surface area contributed by atoms with E-state index in [-0.39, 0.29) is 23.4 Å². The summed E-state index contributed by atoms with van der Waals surface area (Å²) in [5, 5.41) is 3.59. The molecule has 1 N–H and O–H groups in total. The zero-order valence-electron chi connectivity index (χ0n) is 22.3. The average Bonchev–Trinajstić information content (AvgIpc) is 2.77. The lowest BCUT2D eigenvalue weighted by molar-refractivity contribution is -0.192. The summed E-state index contributed by atoms with van der Waals surface area (Å²) in [6.07, 6.45) is -2.78. The molecular formula is C32H38F3N. The number of nitrogens with one attached hydrogen (secondary N) is 1. The summed E-state index contributed by atoms with van der Waals surface area (Å²) in [5.41, 5.74) is 3.46. The van der Waals surface area contributed by atoms with E-state index in [1.165, 1.54) is 12.5 Å². The number of benzene rings is 3. The van der Waals surface area contributed by atoms with Crippen LogP contribution in [-0.4, -0.2) is 17.3 Å². The van der Waals surface area contributed by atoms with Gasteiger partial charge in [-0.1, -0.05) is 78.4 Å². The molecule has 4 heteroatoms. The third-order valence-electron chi connectivity index (χ3n) is 7.72. The van der Waals surface area contributed by atoms with Gasteiger partial charge in [0.25, 0.3) is 0 Å². The molecule has 1 aliphatic heterocycles. The second-order valence-electron chi connectivity index (χ2n) is 12.2. The highest BCUT2D eigenvalue weighted by Crippen LogP contribution is 2.49. The van der Waals surface area contributed by atoms with Crippen molar-refractivity contribution < 1.29 is 13.2 Å². The Morgan fingerprint density at radius 1 is 0.694 bits per heavy atom. The van der Waals surface area contributed by atoms with E-state index in [1.807, 2.05) is 24.3 Å². The van der Waals surface area contributed by atoms with Crippen molar-refractivity contribution in [2.24, 2.45) is 5.92 Å². The Labute approximate surface area is 214 Å². The van der Waals surface area contributed by atoms with Crippen LogP contribution in [0.2, 0.25) is 0 Å². The summed E-state index contributed by atoms with van der Waals surface area (Å²) >= 11 is 0. The van der Waals surface area contributed by atoms with Crippen molar-refractivity contribution in [1.82, 2.24) is 5.32 Å². The van der Waals surface area contributed by atoms with Crippen LogP contribution >= 0.6 is 0 Å². The minimum Gasteiger partial charge on any atom is -0.307 e. The van der Waals surface area contributed by atoms with Crippen molar-refractivity contribution in [3.63, 3.8) is 0 Å². The topological polar surface area (TPSA) is 12.0 Å². The number of piperidine rings is 1. The lowest BCUT2D eigenvalue weighted by Crippen LogP contribution is -2.58. The summed E-state index contributed by atoms with van der Waals surface area (Å²) in [4.78, 5) is 0. The molecule has 0 bridgehead atoms. The second kappa shape index (κ2) is 9.37. The fourth-order valence-electron chi connectivity index (χ4n) is 6.28. The minimum absolute atomic E-state index is 0.0168. The zero-order chi connectivity index (χ0) is 26.4. The Hall–Kier alpha value is -2.59. The highest BCUT2D eigenvalue weighted by atomic mass is 19.4. The van der Waals surface area contributed by atoms with E-state index in [0.717, 1.165) is 35.1 Å². The van der Waals surface area contributed by atoms with Crippen molar-refractivity contribution in [2.45, 2.75) is 83.5 Å². The molecule has 1 atom stereocenters. The van der Waals surface area contributed by atoms with Gasteiger partial charge in [-0.2, -0.15) is 13.2 Å². The molecule has 1 fully saturated rings. The van der Waals surface area contributed by atoms with E-state index >= 15 is 0 Å². The molecule has 0 aliphatic carbocycles. The Morgan fingerprint density at radius 2 is 1.06 bits per heavy atom. The van der Waals surface area contributed by atoms with Crippen LogP contribution < -0.4 is 5.32 Å². The third-order valence-corrected chi connectivity index (χ3v) is 7.72. The molecule has 1 heterocycles. The summed E-state index contributed by atoms with van der Waals surface area (Å²) in [5.74, 6) is -0.0168. The number of rotatable bonds is 5. The molecule has 0 radical (unpaired) electrons. The molecule has 3 aromatic carbocycles. The van der Waals surface area contributed by atoms with Gasteiger partial charge >= 0.3 is 6.18 Å². The maximum absolute atomic E-state index is 14.6. The molecular weight excluding hydrogens is 455 g/mol. The molecule has 36 heavy (non-hydrogen) atoms. The maximum atomic E-state index is 14.6. The first-order valence-electron chi connectivity index (χ1n) is 12.8. The maximum Gasteiger partial charge on any atom is 0.398 e. The number of aryl methyl sites for hydroxylation is 1. The second-order valence-corrected chi connectivity index (χ2v) is 12.2. The average molecular weight is 494 g/mol. The summed E-state index contributed by atoms with van der Waals surface area (Å²) in [6.45, 7) is 11.8. The van der Waals surface area contributed by atoms with Gasteiger partial charge in [-0.05, 0) is 94.5 Å². The number of alkyl halides is 3. The fraction of sp³-hybridized carbons (Fsp3) is 0.438. The van der Waals surface area contributed by atoms with Gasteiger partial charge in [-0.3, -0.25) is 0 Å². The van der Waals surface area contributed by atoms with Crippen LogP contribution in [0.1, 0.15) is 65.0 Å². The van der Waals surface area contributed by atoms with Gasteiger partial charge in [0, 0.05) is 11.1 Å². The van der Waals surface area contributed by atoms with Crippen LogP contribution in [0.25, 0.3) is 22.3 Å². The highest BCUT2D eigenvalue weighted by molar-refractivity contribution is 5.70. The predicted molar refractivity (Wildman–Crippen MR) is 144 cm³/mol. The van der Waals surface area contributed by atoms with Crippen LogP contribution in [0.3, 0.4) is 0 Å². The molecule has 0 amide bonds. The molecule has 1 unspecified atom stereocenters. The molecule has 1 nitrogen and oxygen atoms in total. The van der Waals surface area contributed by atoms with Crippen LogP contribution in [-0.2, 0) is 5.41 Å². The van der Waals surface area contributed by atoms with Gasteiger partial charge in [0.05, 0.1) is 5.41 Å². The lowest BCUT2D eigenvalue weighted by atomic mass is 9.67. The van der Waals surface area contributed by atoms with Gasteiger partial charge in [-0.25, -0.2) is 0 Å². The normalized spacial score (nSPS) is 19.6. The predicted octanol–water partition coefficient (Wildman–Crippen LogP) is 9.10. The molecule has 1 saturated heterocycles. The Balaban J connectivity index is 1.58. The number of halogens is 3. The summed E-state index contributed by atoms with van der Waals surface area (Å²) in [7, 11) is 0. The van der Waals surface area contributed by atoms with Crippen molar-refractivity contribution in [3.05, 3.63) is 83.9 Å². The monoisotopic (exact) mass is 493 g/mol. The summed E-state index contributed by atoms with van der Waals surface area (Å²) in [6, 6.07) is 23.6. The van der Waals surface area contributed by atoms with Crippen molar-refractivity contribution in [1.29, 1.82) is 0 Å². The lowest BCUT2D eigenvalue weighted by Gasteiger charge is -2.48. The smallest absolute Gasteiger partial charge is 0.307 e. The Bertz CT molecular complexity index is 1160. The minimum atomic E-state index is -4.33. The van der Waals surface area contributed by atoms with Crippen molar-refractivity contribution in [2.75, 3.05) is 0 Å². The van der Waals surface area contributed by atoms with Crippen LogP contribution in [0, 0.1) is 12.8 Å². The largest absolute Gasteiger partial charge is 0.398 e. The fourth-order valence-corrected chi connectivity index (χ4v) is 6.28. The van der Waals surface area contributed by atoms with E-state index in [2.05, 4.69) is 76.3 Å². The Kier molecular flexibility index (Phi) is 6.89. The molecule has 3 aromatic rings. The molecule has 4 rings (SSSR count). The molecule has 0 spiro atoms. The molecule has 1 aliphatic rings. The van der Waals surface area contributed by atoms with Gasteiger partial charge < -0.3 is 5.32 Å². The first kappa shape index (κ1) is 26.5. The van der Waals surface area contributed by atoms with Crippen molar-refractivity contribution in [3.8, 4) is 22.3 Å². The van der Waals surface area contributed by atoms with E-state index < -0.39 is 11.6 Å². The van der Waals surface area contributed by atoms with Gasteiger partial charge in [0.1, 0.15) is 0 Å². The first-order chi connectivity index (χ1) is 16.7. The number of hydrogen-bond donors (Lipinski definition) is 1. The van der Waals surface area contributed by atoms with Crippen LogP contribution in [0.5, 0.6) is 0 Å². The van der Waals surface area contributed by atoms with Crippen LogP contribution in [0.4, 0.5) is 13.2 Å². The molecule has 0 aromatic heterocycles. The van der Waals surface area contributed by atoms with E-state index in [4.69, 9.17) is 0 Å². The van der Waals surface area contributed by atoms with Crippen LogP contribution in [0.15, 0.2) is 72.8 Å². The van der Waals surface area contributed by atoms with Gasteiger partial charge in [0.15, 0.2) is 0 Å². The third kappa shape index (κ3) is 5.70. The standard InChI is InChI=1S/C32H38F3N/c1-22-7-9-24(10-8-22)25-11-13-26(14-12-25)27-15-17-28(18-16-27)31(6,32(33,34)35)21-23-19-29(2,3)36-30(4,5)20-23/h7-18,23,36H,19-21H2,1-6H3.